The molecule has 0 N–H and O–H groups in total. The molecule has 0 aliphatic heterocycles. The summed E-state index contributed by atoms with van der Waals surface area (Å²) in [6.45, 7) is 12.7. The second-order valence-electron chi connectivity index (χ2n) is 8.03. The Bertz CT molecular complexity index is 739. The van der Waals surface area contributed by atoms with Gasteiger partial charge in [-0.15, -0.1) is 13.2 Å². The molecule has 0 aromatic heterocycles. The Morgan fingerprint density at radius 3 is 1.56 bits per heavy atom. The number of fused-ring (bicyclic) bond motifs is 3. The van der Waals surface area contributed by atoms with Gasteiger partial charge in [-0.1, -0.05) is 75.2 Å². The second kappa shape index (κ2) is 8.74. The summed E-state index contributed by atoms with van der Waals surface area (Å²) in [4.78, 5) is 0. The fraction of sp³-hybridized carbons (Fsp3) is 0.407. The normalized spacial score (nSPS) is 13.9. The van der Waals surface area contributed by atoms with Gasteiger partial charge >= 0.3 is 0 Å². The molecule has 0 amide bonds. The zero-order valence-corrected chi connectivity index (χ0v) is 17.2. The molecule has 0 heteroatoms. The molecule has 0 fully saturated rings. The molecule has 142 valence electrons. The molecular formula is C27H34. The van der Waals surface area contributed by atoms with E-state index in [1.54, 1.807) is 0 Å². The molecule has 1 aliphatic rings. The molecule has 0 saturated carbocycles. The zero-order valence-electron chi connectivity index (χ0n) is 17.2. The summed E-state index contributed by atoms with van der Waals surface area (Å²) in [5, 5.41) is 0. The SMILES string of the molecule is C=CCC1(CC=C)c2cc(CCCC)ccc2-c2ccc(CCCC)cc21. The van der Waals surface area contributed by atoms with Crippen molar-refractivity contribution in [1.82, 2.24) is 0 Å². The largest absolute Gasteiger partial charge is 0.103 e. The highest BCUT2D eigenvalue weighted by molar-refractivity contribution is 5.82. The molecule has 0 spiro atoms. The highest BCUT2D eigenvalue weighted by Crippen LogP contribution is 2.53. The highest BCUT2D eigenvalue weighted by Gasteiger charge is 2.41. The van der Waals surface area contributed by atoms with Crippen LogP contribution in [0.2, 0.25) is 0 Å². The van der Waals surface area contributed by atoms with Crippen molar-refractivity contribution in [3.05, 3.63) is 84.0 Å². The monoisotopic (exact) mass is 358 g/mol. The number of allylic oxidation sites excluding steroid dienone is 2. The fourth-order valence-corrected chi connectivity index (χ4v) is 4.68. The summed E-state index contributed by atoms with van der Waals surface area (Å²) in [7, 11) is 0. The van der Waals surface area contributed by atoms with E-state index in [4.69, 9.17) is 0 Å². The van der Waals surface area contributed by atoms with Crippen LogP contribution in [0.3, 0.4) is 0 Å². The minimum atomic E-state index is -0.00137. The Kier molecular flexibility index (Phi) is 6.37. The van der Waals surface area contributed by atoms with Gasteiger partial charge in [0.2, 0.25) is 0 Å². The third-order valence-electron chi connectivity index (χ3n) is 6.11. The van der Waals surface area contributed by atoms with Crippen LogP contribution in [-0.2, 0) is 18.3 Å². The summed E-state index contributed by atoms with van der Waals surface area (Å²) >= 11 is 0. The molecule has 0 nitrogen and oxygen atoms in total. The van der Waals surface area contributed by atoms with Crippen molar-refractivity contribution in [1.29, 1.82) is 0 Å². The second-order valence-corrected chi connectivity index (χ2v) is 8.03. The molecule has 0 bridgehead atoms. The van der Waals surface area contributed by atoms with Gasteiger partial charge in [0.15, 0.2) is 0 Å². The standard InChI is InChI=1S/C27H34/c1-5-9-11-21-13-15-23-24-16-14-22(12-10-6-2)20-26(24)27(17-7-3,18-8-4)25(23)19-21/h7-8,13-16,19-20H,3-6,9-12,17-18H2,1-2H3. The van der Waals surface area contributed by atoms with E-state index >= 15 is 0 Å². The van der Waals surface area contributed by atoms with Crippen molar-refractivity contribution < 1.29 is 0 Å². The fourth-order valence-electron chi connectivity index (χ4n) is 4.68. The Morgan fingerprint density at radius 1 is 0.741 bits per heavy atom. The van der Waals surface area contributed by atoms with E-state index in [0.717, 1.165) is 12.8 Å². The van der Waals surface area contributed by atoms with E-state index in [0.29, 0.717) is 0 Å². The topological polar surface area (TPSA) is 0 Å². The lowest BCUT2D eigenvalue weighted by Crippen LogP contribution is -2.24. The molecule has 0 heterocycles. The first-order valence-electron chi connectivity index (χ1n) is 10.7. The van der Waals surface area contributed by atoms with Crippen molar-refractivity contribution in [2.75, 3.05) is 0 Å². The third-order valence-corrected chi connectivity index (χ3v) is 6.11. The number of rotatable bonds is 10. The quantitative estimate of drug-likeness (QED) is 0.380. The summed E-state index contributed by atoms with van der Waals surface area (Å²) in [6, 6.07) is 14.3. The van der Waals surface area contributed by atoms with Crippen LogP contribution in [0.25, 0.3) is 11.1 Å². The number of hydrogen-bond acceptors (Lipinski definition) is 0. The first-order chi connectivity index (χ1) is 13.2. The van der Waals surface area contributed by atoms with Crippen LogP contribution >= 0.6 is 0 Å². The minimum Gasteiger partial charge on any atom is -0.103 e. The number of aryl methyl sites for hydroxylation is 2. The smallest absolute Gasteiger partial charge is 0.0283 e. The summed E-state index contributed by atoms with van der Waals surface area (Å²) in [6.07, 6.45) is 13.4. The molecular weight excluding hydrogens is 324 g/mol. The van der Waals surface area contributed by atoms with Crippen LogP contribution in [-0.4, -0.2) is 0 Å². The van der Waals surface area contributed by atoms with Crippen LogP contribution in [0, 0.1) is 0 Å². The van der Waals surface area contributed by atoms with Gasteiger partial charge in [-0.05, 0) is 71.9 Å². The van der Waals surface area contributed by atoms with Crippen molar-refractivity contribution in [2.24, 2.45) is 0 Å². The number of hydrogen-bond donors (Lipinski definition) is 0. The molecule has 2 aromatic carbocycles. The first kappa shape index (κ1) is 19.7. The Morgan fingerprint density at radius 2 is 1.19 bits per heavy atom. The first-order valence-corrected chi connectivity index (χ1v) is 10.7. The molecule has 0 unspecified atom stereocenters. The van der Waals surface area contributed by atoms with Crippen LogP contribution in [0.4, 0.5) is 0 Å². The van der Waals surface area contributed by atoms with Crippen LogP contribution in [0.15, 0.2) is 61.7 Å². The lowest BCUT2D eigenvalue weighted by Gasteiger charge is -2.30. The average molecular weight is 359 g/mol. The molecule has 2 aromatic rings. The van der Waals surface area contributed by atoms with Gasteiger partial charge in [0.05, 0.1) is 0 Å². The highest BCUT2D eigenvalue weighted by atomic mass is 14.4. The van der Waals surface area contributed by atoms with Gasteiger partial charge in [-0.3, -0.25) is 0 Å². The predicted octanol–water partition coefficient (Wildman–Crippen LogP) is 7.79. The summed E-state index contributed by atoms with van der Waals surface area (Å²) in [5.74, 6) is 0. The molecule has 0 atom stereocenters. The molecule has 0 radical (unpaired) electrons. The Balaban J connectivity index is 2.15. The van der Waals surface area contributed by atoms with Gasteiger partial charge < -0.3 is 0 Å². The van der Waals surface area contributed by atoms with E-state index in [1.165, 1.54) is 71.9 Å². The van der Waals surface area contributed by atoms with Crippen LogP contribution in [0.5, 0.6) is 0 Å². The molecule has 3 rings (SSSR count). The number of benzene rings is 2. The van der Waals surface area contributed by atoms with Gasteiger partial charge in [-0.2, -0.15) is 0 Å². The summed E-state index contributed by atoms with van der Waals surface area (Å²) in [5.41, 5.74) is 8.72. The van der Waals surface area contributed by atoms with Crippen LogP contribution in [0.1, 0.15) is 74.6 Å². The zero-order chi connectivity index (χ0) is 19.3. The van der Waals surface area contributed by atoms with Gasteiger partial charge in [0.1, 0.15) is 0 Å². The van der Waals surface area contributed by atoms with Crippen molar-refractivity contribution >= 4 is 0 Å². The van der Waals surface area contributed by atoms with E-state index in [9.17, 15) is 0 Å². The Labute approximate surface area is 166 Å². The van der Waals surface area contributed by atoms with E-state index in [2.05, 4.69) is 75.6 Å². The van der Waals surface area contributed by atoms with Gasteiger partial charge in [0, 0.05) is 5.41 Å². The van der Waals surface area contributed by atoms with Crippen LogP contribution < -0.4 is 0 Å². The maximum atomic E-state index is 4.11. The lowest BCUT2D eigenvalue weighted by atomic mass is 9.72. The maximum Gasteiger partial charge on any atom is 0.0283 e. The van der Waals surface area contributed by atoms with Crippen molar-refractivity contribution in [3.8, 4) is 11.1 Å². The average Bonchev–Trinajstić information content (AvgIpc) is 2.94. The van der Waals surface area contributed by atoms with E-state index in [-0.39, 0.29) is 5.41 Å². The Hall–Kier alpha value is -2.08. The number of unbranched alkanes of at least 4 members (excludes halogenated alkanes) is 2. The van der Waals surface area contributed by atoms with Gasteiger partial charge in [0.25, 0.3) is 0 Å². The molecule has 0 saturated heterocycles. The predicted molar refractivity (Wildman–Crippen MR) is 120 cm³/mol. The summed E-state index contributed by atoms with van der Waals surface area (Å²) < 4.78 is 0. The van der Waals surface area contributed by atoms with E-state index in [1.807, 2.05) is 0 Å². The van der Waals surface area contributed by atoms with E-state index < -0.39 is 0 Å². The van der Waals surface area contributed by atoms with Crippen molar-refractivity contribution in [2.45, 2.75) is 70.6 Å². The van der Waals surface area contributed by atoms with Crippen molar-refractivity contribution in [3.63, 3.8) is 0 Å². The third kappa shape index (κ3) is 3.68. The minimum absolute atomic E-state index is 0.00137. The molecule has 1 aliphatic carbocycles. The molecule has 27 heavy (non-hydrogen) atoms. The maximum absolute atomic E-state index is 4.11. The van der Waals surface area contributed by atoms with Gasteiger partial charge in [-0.25, -0.2) is 0 Å². The lowest BCUT2D eigenvalue weighted by molar-refractivity contribution is 0.542.